The molecule has 4 rings (SSSR count). The first-order valence-electron chi connectivity index (χ1n) is 7.56. The van der Waals surface area contributed by atoms with Gasteiger partial charge in [-0.3, -0.25) is 10.00 Å². The van der Waals surface area contributed by atoms with Crippen LogP contribution in [0.4, 0.5) is 0 Å². The van der Waals surface area contributed by atoms with E-state index in [1.807, 2.05) is 6.20 Å². The molecule has 0 amide bonds. The van der Waals surface area contributed by atoms with Gasteiger partial charge in [-0.1, -0.05) is 0 Å². The Morgan fingerprint density at radius 3 is 3.10 bits per heavy atom. The molecule has 2 aromatic heterocycles. The minimum Gasteiger partial charge on any atom is -0.381 e. The normalized spacial score (nSPS) is 23.1. The fourth-order valence-corrected chi connectivity index (χ4v) is 3.83. The molecule has 4 heterocycles. The Bertz CT molecular complexity index is 598. The molecule has 0 aliphatic carbocycles. The van der Waals surface area contributed by atoms with Crippen molar-refractivity contribution < 1.29 is 4.74 Å². The minimum absolute atomic E-state index is 0.364. The van der Waals surface area contributed by atoms with Crippen LogP contribution in [-0.4, -0.2) is 51.4 Å². The molecule has 0 spiro atoms. The summed E-state index contributed by atoms with van der Waals surface area (Å²) < 4.78 is 5.40. The molecule has 1 unspecified atom stereocenters. The molecule has 0 saturated carbocycles. The number of H-pyrrole nitrogens is 1. The maximum Gasteiger partial charge on any atom is 0.192 e. The van der Waals surface area contributed by atoms with E-state index in [-0.39, 0.29) is 0 Å². The fraction of sp³-hybridized carbons (Fsp3) is 0.643. The van der Waals surface area contributed by atoms with Crippen molar-refractivity contribution in [3.63, 3.8) is 0 Å². The van der Waals surface area contributed by atoms with Crippen molar-refractivity contribution in [3.8, 4) is 10.7 Å². The van der Waals surface area contributed by atoms with Gasteiger partial charge in [-0.15, -0.1) is 11.3 Å². The van der Waals surface area contributed by atoms with Gasteiger partial charge in [0.05, 0.1) is 18.0 Å². The number of hydrogen-bond donors (Lipinski definition) is 1. The zero-order valence-corrected chi connectivity index (χ0v) is 12.7. The highest BCUT2D eigenvalue weighted by Crippen LogP contribution is 2.27. The van der Waals surface area contributed by atoms with Crippen molar-refractivity contribution in [2.75, 3.05) is 26.3 Å². The molecule has 0 bridgehead atoms. The third-order valence-corrected chi connectivity index (χ3v) is 5.13. The Kier molecular flexibility index (Phi) is 3.71. The van der Waals surface area contributed by atoms with Crippen LogP contribution in [0.1, 0.15) is 36.0 Å². The van der Waals surface area contributed by atoms with Gasteiger partial charge in [-0.25, -0.2) is 9.97 Å². The number of nitrogens with zero attached hydrogens (tertiary/aromatic N) is 4. The SMILES string of the molecule is c1nc(CN2CCCC2)sc1-c1n[nH]c(C2CCOC2)n1. The summed E-state index contributed by atoms with van der Waals surface area (Å²) in [7, 11) is 0. The van der Waals surface area contributed by atoms with Crippen LogP contribution < -0.4 is 0 Å². The Morgan fingerprint density at radius 2 is 2.29 bits per heavy atom. The lowest BCUT2D eigenvalue weighted by Crippen LogP contribution is -2.17. The zero-order valence-electron chi connectivity index (χ0n) is 11.9. The minimum atomic E-state index is 0.364. The van der Waals surface area contributed by atoms with E-state index >= 15 is 0 Å². The summed E-state index contributed by atoms with van der Waals surface area (Å²) in [6, 6.07) is 0. The molecule has 1 atom stereocenters. The highest BCUT2D eigenvalue weighted by Gasteiger charge is 2.22. The van der Waals surface area contributed by atoms with E-state index in [0.29, 0.717) is 5.92 Å². The molecular formula is C14H19N5OS. The number of ether oxygens (including phenoxy) is 1. The van der Waals surface area contributed by atoms with E-state index in [9.17, 15) is 0 Å². The number of nitrogens with one attached hydrogen (secondary N) is 1. The average molecular weight is 305 g/mol. The molecule has 2 saturated heterocycles. The number of hydrogen-bond acceptors (Lipinski definition) is 6. The number of rotatable bonds is 4. The Hall–Kier alpha value is -1.31. The molecule has 2 aromatic rings. The van der Waals surface area contributed by atoms with Gasteiger partial charge in [0.15, 0.2) is 5.82 Å². The average Bonchev–Trinajstić information content (AvgIpc) is 3.28. The smallest absolute Gasteiger partial charge is 0.192 e. The number of aromatic amines is 1. The van der Waals surface area contributed by atoms with Gasteiger partial charge in [0, 0.05) is 18.7 Å². The monoisotopic (exact) mass is 305 g/mol. The van der Waals surface area contributed by atoms with E-state index in [2.05, 4.69) is 25.1 Å². The number of thiazole rings is 1. The summed E-state index contributed by atoms with van der Waals surface area (Å²) >= 11 is 1.70. The first kappa shape index (κ1) is 13.4. The zero-order chi connectivity index (χ0) is 14.1. The van der Waals surface area contributed by atoms with Crippen LogP contribution in [-0.2, 0) is 11.3 Å². The topological polar surface area (TPSA) is 66.9 Å². The Labute approximate surface area is 127 Å². The maximum atomic E-state index is 5.40. The highest BCUT2D eigenvalue weighted by molar-refractivity contribution is 7.15. The van der Waals surface area contributed by atoms with Gasteiger partial charge >= 0.3 is 0 Å². The summed E-state index contributed by atoms with van der Waals surface area (Å²) in [5.41, 5.74) is 0. The van der Waals surface area contributed by atoms with Crippen molar-refractivity contribution in [1.29, 1.82) is 0 Å². The van der Waals surface area contributed by atoms with Crippen LogP contribution >= 0.6 is 11.3 Å². The molecule has 0 aromatic carbocycles. The largest absolute Gasteiger partial charge is 0.381 e. The number of aromatic nitrogens is 4. The van der Waals surface area contributed by atoms with E-state index in [4.69, 9.17) is 4.74 Å². The van der Waals surface area contributed by atoms with Crippen LogP contribution in [0, 0.1) is 0 Å². The van der Waals surface area contributed by atoms with Gasteiger partial charge in [-0.2, -0.15) is 5.10 Å². The summed E-state index contributed by atoms with van der Waals surface area (Å²) in [5.74, 6) is 2.07. The Balaban J connectivity index is 1.47. The van der Waals surface area contributed by atoms with Crippen molar-refractivity contribution in [2.45, 2.75) is 31.7 Å². The van der Waals surface area contributed by atoms with Gasteiger partial charge in [0.25, 0.3) is 0 Å². The first-order chi connectivity index (χ1) is 10.4. The van der Waals surface area contributed by atoms with E-state index < -0.39 is 0 Å². The molecule has 21 heavy (non-hydrogen) atoms. The van der Waals surface area contributed by atoms with Gasteiger partial charge < -0.3 is 4.74 Å². The predicted octanol–water partition coefficient (Wildman–Crippen LogP) is 2.03. The van der Waals surface area contributed by atoms with E-state index in [1.165, 1.54) is 25.9 Å². The van der Waals surface area contributed by atoms with Crippen LogP contribution in [0.3, 0.4) is 0 Å². The van der Waals surface area contributed by atoms with Crippen molar-refractivity contribution in [3.05, 3.63) is 17.0 Å². The lowest BCUT2D eigenvalue weighted by atomic mass is 10.1. The van der Waals surface area contributed by atoms with Crippen LogP contribution in [0.2, 0.25) is 0 Å². The third kappa shape index (κ3) is 2.86. The second-order valence-corrected chi connectivity index (χ2v) is 6.82. The number of likely N-dealkylation sites (tertiary alicyclic amines) is 1. The predicted molar refractivity (Wildman–Crippen MR) is 80.2 cm³/mol. The molecule has 0 radical (unpaired) electrons. The molecule has 7 heteroatoms. The Morgan fingerprint density at radius 1 is 1.38 bits per heavy atom. The van der Waals surface area contributed by atoms with Crippen LogP contribution in [0.5, 0.6) is 0 Å². The summed E-state index contributed by atoms with van der Waals surface area (Å²) in [5, 5.41) is 8.55. The quantitative estimate of drug-likeness (QED) is 0.936. The van der Waals surface area contributed by atoms with Crippen molar-refractivity contribution >= 4 is 11.3 Å². The summed E-state index contributed by atoms with van der Waals surface area (Å²) in [6.45, 7) is 4.92. The van der Waals surface area contributed by atoms with Crippen LogP contribution in [0.15, 0.2) is 6.20 Å². The van der Waals surface area contributed by atoms with Gasteiger partial charge in [0.2, 0.25) is 0 Å². The third-order valence-electron chi connectivity index (χ3n) is 4.15. The first-order valence-corrected chi connectivity index (χ1v) is 8.37. The maximum absolute atomic E-state index is 5.40. The fourth-order valence-electron chi connectivity index (χ4n) is 2.94. The molecule has 2 fully saturated rings. The molecule has 2 aliphatic rings. The van der Waals surface area contributed by atoms with Gasteiger partial charge in [0.1, 0.15) is 10.8 Å². The van der Waals surface area contributed by atoms with E-state index in [0.717, 1.165) is 47.7 Å². The summed E-state index contributed by atoms with van der Waals surface area (Å²) in [4.78, 5) is 12.6. The second-order valence-electron chi connectivity index (χ2n) is 5.71. The lowest BCUT2D eigenvalue weighted by Gasteiger charge is -2.11. The molecule has 6 nitrogen and oxygen atoms in total. The lowest BCUT2D eigenvalue weighted by molar-refractivity contribution is 0.193. The van der Waals surface area contributed by atoms with E-state index in [1.54, 1.807) is 11.3 Å². The van der Waals surface area contributed by atoms with Gasteiger partial charge in [-0.05, 0) is 32.4 Å². The standard InChI is InChI=1S/C14H19N5OS/c1-2-5-19(4-1)8-12-15-7-11(21-12)14-16-13(17-18-14)10-3-6-20-9-10/h7,10H,1-6,8-9H2,(H,16,17,18). The van der Waals surface area contributed by atoms with Crippen LogP contribution in [0.25, 0.3) is 10.7 Å². The highest BCUT2D eigenvalue weighted by atomic mass is 32.1. The second kappa shape index (κ2) is 5.82. The van der Waals surface area contributed by atoms with Crippen molar-refractivity contribution in [1.82, 2.24) is 25.1 Å². The molecule has 112 valence electrons. The molecule has 1 N–H and O–H groups in total. The molecular weight excluding hydrogens is 286 g/mol. The molecule has 2 aliphatic heterocycles. The summed E-state index contributed by atoms with van der Waals surface area (Å²) in [6.07, 6.45) is 5.55. The van der Waals surface area contributed by atoms with Crippen molar-refractivity contribution in [2.24, 2.45) is 0 Å².